The SMILES string of the molecule is CCC1C(=O)NC(=O)CN1c1ccc(C=O)cn1. The molecule has 0 aromatic carbocycles. The summed E-state index contributed by atoms with van der Waals surface area (Å²) in [5, 5.41) is 2.30. The second-order valence-electron chi connectivity index (χ2n) is 4.03. The number of anilines is 1. The van der Waals surface area contributed by atoms with E-state index in [0.29, 0.717) is 24.1 Å². The van der Waals surface area contributed by atoms with Gasteiger partial charge in [0.15, 0.2) is 6.29 Å². The zero-order valence-corrected chi connectivity index (χ0v) is 9.92. The van der Waals surface area contributed by atoms with E-state index in [0.717, 1.165) is 0 Å². The van der Waals surface area contributed by atoms with Gasteiger partial charge < -0.3 is 4.90 Å². The highest BCUT2D eigenvalue weighted by atomic mass is 16.2. The lowest BCUT2D eigenvalue weighted by atomic mass is 10.1. The Balaban J connectivity index is 2.30. The number of hydrogen-bond acceptors (Lipinski definition) is 5. The van der Waals surface area contributed by atoms with Crippen molar-refractivity contribution in [3.8, 4) is 0 Å². The average Bonchev–Trinajstić information content (AvgIpc) is 2.38. The number of carbonyl (C=O) groups excluding carboxylic acids is 3. The van der Waals surface area contributed by atoms with Crippen LogP contribution in [0.15, 0.2) is 18.3 Å². The van der Waals surface area contributed by atoms with E-state index in [4.69, 9.17) is 0 Å². The van der Waals surface area contributed by atoms with Gasteiger partial charge in [-0.25, -0.2) is 4.98 Å². The van der Waals surface area contributed by atoms with Gasteiger partial charge in [0.05, 0.1) is 6.54 Å². The first kappa shape index (κ1) is 12.2. The molecule has 6 heteroatoms. The Morgan fingerprint density at radius 3 is 2.83 bits per heavy atom. The number of nitrogens with one attached hydrogen (secondary N) is 1. The van der Waals surface area contributed by atoms with Gasteiger partial charge in [-0.3, -0.25) is 19.7 Å². The van der Waals surface area contributed by atoms with Crippen molar-refractivity contribution in [1.82, 2.24) is 10.3 Å². The number of nitrogens with zero attached hydrogens (tertiary/aromatic N) is 2. The minimum atomic E-state index is -0.405. The number of hydrogen-bond donors (Lipinski definition) is 1. The summed E-state index contributed by atoms with van der Waals surface area (Å²) >= 11 is 0. The molecule has 0 bridgehead atoms. The van der Waals surface area contributed by atoms with Gasteiger partial charge in [0.2, 0.25) is 11.8 Å². The fourth-order valence-corrected chi connectivity index (χ4v) is 1.95. The molecule has 1 N–H and O–H groups in total. The standard InChI is InChI=1S/C12H13N3O3/c1-2-9-12(18)14-11(17)6-15(9)10-4-3-8(7-16)5-13-10/h3-5,7,9H,2,6H2,1H3,(H,14,17,18). The fraction of sp³-hybridized carbons (Fsp3) is 0.333. The number of carbonyl (C=O) groups is 3. The molecule has 1 atom stereocenters. The van der Waals surface area contributed by atoms with Crippen molar-refractivity contribution in [3.63, 3.8) is 0 Å². The molecule has 1 aliphatic rings. The van der Waals surface area contributed by atoms with Crippen LogP contribution in [0, 0.1) is 0 Å². The van der Waals surface area contributed by atoms with Crippen molar-refractivity contribution in [2.75, 3.05) is 11.4 Å². The maximum Gasteiger partial charge on any atom is 0.249 e. The number of aldehydes is 1. The molecule has 1 fully saturated rings. The van der Waals surface area contributed by atoms with E-state index in [1.165, 1.54) is 6.20 Å². The monoisotopic (exact) mass is 247 g/mol. The summed E-state index contributed by atoms with van der Waals surface area (Å²) in [5.41, 5.74) is 0.458. The van der Waals surface area contributed by atoms with E-state index in [9.17, 15) is 14.4 Å². The van der Waals surface area contributed by atoms with Gasteiger partial charge in [0, 0.05) is 11.8 Å². The number of amides is 2. The predicted octanol–water partition coefficient (Wildman–Crippen LogP) is 0.135. The van der Waals surface area contributed by atoms with Crippen molar-refractivity contribution in [3.05, 3.63) is 23.9 Å². The largest absolute Gasteiger partial charge is 0.335 e. The summed E-state index contributed by atoms with van der Waals surface area (Å²) in [6.07, 6.45) is 2.70. The molecule has 1 aromatic rings. The van der Waals surface area contributed by atoms with Gasteiger partial charge in [0.25, 0.3) is 0 Å². The zero-order chi connectivity index (χ0) is 13.1. The maximum atomic E-state index is 11.7. The minimum Gasteiger partial charge on any atom is -0.335 e. The lowest BCUT2D eigenvalue weighted by Crippen LogP contribution is -2.58. The molecule has 0 radical (unpaired) electrons. The van der Waals surface area contributed by atoms with Gasteiger partial charge in [-0.2, -0.15) is 0 Å². The lowest BCUT2D eigenvalue weighted by molar-refractivity contribution is -0.132. The predicted molar refractivity (Wildman–Crippen MR) is 64.2 cm³/mol. The number of imide groups is 1. The Morgan fingerprint density at radius 2 is 2.28 bits per heavy atom. The van der Waals surface area contributed by atoms with Crippen molar-refractivity contribution in [1.29, 1.82) is 0 Å². The lowest BCUT2D eigenvalue weighted by Gasteiger charge is -2.34. The molecule has 2 heterocycles. The van der Waals surface area contributed by atoms with Gasteiger partial charge >= 0.3 is 0 Å². The number of rotatable bonds is 3. The normalized spacial score (nSPS) is 19.6. The third-order valence-corrected chi connectivity index (χ3v) is 2.84. The second-order valence-corrected chi connectivity index (χ2v) is 4.03. The summed E-state index contributed by atoms with van der Waals surface area (Å²) in [6, 6.07) is 2.84. The van der Waals surface area contributed by atoms with Crippen LogP contribution in [0.25, 0.3) is 0 Å². The van der Waals surface area contributed by atoms with Crippen LogP contribution in [0.4, 0.5) is 5.82 Å². The third-order valence-electron chi connectivity index (χ3n) is 2.84. The van der Waals surface area contributed by atoms with Gasteiger partial charge in [0.1, 0.15) is 11.9 Å². The van der Waals surface area contributed by atoms with E-state index in [1.54, 1.807) is 17.0 Å². The molecular formula is C12H13N3O3. The molecule has 1 unspecified atom stereocenters. The molecule has 94 valence electrons. The van der Waals surface area contributed by atoms with Crippen LogP contribution in [-0.2, 0) is 9.59 Å². The Hall–Kier alpha value is -2.24. The van der Waals surface area contributed by atoms with Crippen molar-refractivity contribution in [2.45, 2.75) is 19.4 Å². The highest BCUT2D eigenvalue weighted by Gasteiger charge is 2.33. The van der Waals surface area contributed by atoms with Crippen LogP contribution < -0.4 is 10.2 Å². The molecule has 0 aliphatic carbocycles. The third kappa shape index (κ3) is 2.22. The first-order valence-electron chi connectivity index (χ1n) is 5.67. The average molecular weight is 247 g/mol. The number of pyridine rings is 1. The minimum absolute atomic E-state index is 0.0949. The van der Waals surface area contributed by atoms with Crippen LogP contribution in [0.2, 0.25) is 0 Å². The molecule has 6 nitrogen and oxygen atoms in total. The first-order valence-corrected chi connectivity index (χ1v) is 5.67. The van der Waals surface area contributed by atoms with Crippen molar-refractivity contribution in [2.24, 2.45) is 0 Å². The quantitative estimate of drug-likeness (QED) is 0.607. The van der Waals surface area contributed by atoms with Crippen LogP contribution >= 0.6 is 0 Å². The fourth-order valence-electron chi connectivity index (χ4n) is 1.95. The summed E-state index contributed by atoms with van der Waals surface area (Å²) < 4.78 is 0. The molecular weight excluding hydrogens is 234 g/mol. The van der Waals surface area contributed by atoms with E-state index < -0.39 is 6.04 Å². The molecule has 2 rings (SSSR count). The molecule has 1 saturated heterocycles. The highest BCUT2D eigenvalue weighted by molar-refractivity contribution is 6.04. The number of aromatic nitrogens is 1. The molecule has 2 amide bonds. The Bertz CT molecular complexity index is 484. The molecule has 0 saturated carbocycles. The summed E-state index contributed by atoms with van der Waals surface area (Å²) in [7, 11) is 0. The highest BCUT2D eigenvalue weighted by Crippen LogP contribution is 2.18. The van der Waals surface area contributed by atoms with E-state index in [-0.39, 0.29) is 18.4 Å². The Kier molecular flexibility index (Phi) is 3.36. The first-order chi connectivity index (χ1) is 8.65. The molecule has 0 spiro atoms. The summed E-state index contributed by atoms with van der Waals surface area (Å²) in [4.78, 5) is 39.4. The van der Waals surface area contributed by atoms with Crippen LogP contribution in [0.3, 0.4) is 0 Å². The maximum absolute atomic E-state index is 11.7. The molecule has 1 aliphatic heterocycles. The summed E-state index contributed by atoms with van der Waals surface area (Å²) in [6.45, 7) is 1.96. The van der Waals surface area contributed by atoms with Gasteiger partial charge in [-0.1, -0.05) is 6.92 Å². The van der Waals surface area contributed by atoms with Gasteiger partial charge in [-0.15, -0.1) is 0 Å². The van der Waals surface area contributed by atoms with Crippen LogP contribution in [-0.4, -0.2) is 35.7 Å². The Morgan fingerprint density at radius 1 is 1.50 bits per heavy atom. The van der Waals surface area contributed by atoms with E-state index >= 15 is 0 Å². The molecule has 18 heavy (non-hydrogen) atoms. The smallest absolute Gasteiger partial charge is 0.249 e. The van der Waals surface area contributed by atoms with Crippen molar-refractivity contribution < 1.29 is 14.4 Å². The molecule has 1 aromatic heterocycles. The van der Waals surface area contributed by atoms with Crippen LogP contribution in [0.1, 0.15) is 23.7 Å². The zero-order valence-electron chi connectivity index (χ0n) is 9.92. The van der Waals surface area contributed by atoms with Crippen molar-refractivity contribution >= 4 is 23.9 Å². The number of piperazine rings is 1. The Labute approximate surface area is 104 Å². The second kappa shape index (κ2) is 4.95. The van der Waals surface area contributed by atoms with E-state index in [1.807, 2.05) is 6.92 Å². The van der Waals surface area contributed by atoms with Crippen LogP contribution in [0.5, 0.6) is 0 Å². The summed E-state index contributed by atoms with van der Waals surface area (Å²) in [5.74, 6) is -0.128. The van der Waals surface area contributed by atoms with Gasteiger partial charge in [-0.05, 0) is 18.6 Å². The van der Waals surface area contributed by atoms with E-state index in [2.05, 4.69) is 10.3 Å². The topological polar surface area (TPSA) is 79.4 Å².